The summed E-state index contributed by atoms with van der Waals surface area (Å²) in [5, 5.41) is 4.64. The fraction of sp³-hybridized carbons (Fsp3) is 0.435. The van der Waals surface area contributed by atoms with E-state index in [1.165, 1.54) is 0 Å². The number of para-hydroxylation sites is 1. The van der Waals surface area contributed by atoms with Crippen molar-refractivity contribution in [3.63, 3.8) is 0 Å². The predicted octanol–water partition coefficient (Wildman–Crippen LogP) is 4.71. The molecule has 1 aromatic carbocycles. The van der Waals surface area contributed by atoms with Crippen LogP contribution >= 0.6 is 11.3 Å². The number of benzene rings is 1. The number of fused-ring (bicyclic) bond motifs is 2. The average molecular weight is 489 g/mol. The predicted molar refractivity (Wildman–Crippen MR) is 122 cm³/mol. The van der Waals surface area contributed by atoms with E-state index in [1.54, 1.807) is 25.2 Å². The molecule has 1 aliphatic rings. The second kappa shape index (κ2) is 8.61. The number of alkyl halides is 3. The van der Waals surface area contributed by atoms with E-state index in [1.807, 2.05) is 23.1 Å². The maximum Gasteiger partial charge on any atom is 0.453 e. The van der Waals surface area contributed by atoms with Crippen LogP contribution in [0.25, 0.3) is 16.0 Å². The Morgan fingerprint density at radius 3 is 2.74 bits per heavy atom. The average Bonchev–Trinajstić information content (AvgIpc) is 3.43. The monoisotopic (exact) mass is 488 g/mol. The zero-order chi connectivity index (χ0) is 24.0. The Morgan fingerprint density at radius 2 is 1.97 bits per heavy atom. The van der Waals surface area contributed by atoms with Gasteiger partial charge in [0.25, 0.3) is 11.6 Å². The zero-order valence-corrected chi connectivity index (χ0v) is 19.6. The molecule has 0 N–H and O–H groups in total. The number of carbonyl (C=O) groups is 1. The van der Waals surface area contributed by atoms with Gasteiger partial charge in [0.2, 0.25) is 5.91 Å². The second-order valence-electron chi connectivity index (χ2n) is 8.60. The normalized spacial score (nSPS) is 17.1. The van der Waals surface area contributed by atoms with Crippen LogP contribution in [-0.4, -0.2) is 48.5 Å². The highest BCUT2D eigenvalue weighted by molar-refractivity contribution is 7.18. The molecule has 0 bridgehead atoms. The molecule has 1 amide bonds. The number of halogens is 3. The first-order chi connectivity index (χ1) is 16.2. The van der Waals surface area contributed by atoms with Crippen LogP contribution in [0.4, 0.5) is 13.2 Å². The number of hydrogen-bond donors (Lipinski definition) is 0. The molecule has 4 aromatic rings. The lowest BCUT2D eigenvalue weighted by Gasteiger charge is -2.32. The molecule has 178 valence electrons. The van der Waals surface area contributed by atoms with Crippen molar-refractivity contribution in [2.75, 3.05) is 13.1 Å². The van der Waals surface area contributed by atoms with E-state index >= 15 is 0 Å². The van der Waals surface area contributed by atoms with Gasteiger partial charge in [-0.3, -0.25) is 4.79 Å². The zero-order valence-electron chi connectivity index (χ0n) is 18.8. The van der Waals surface area contributed by atoms with Crippen LogP contribution in [0, 0.1) is 13.8 Å². The SMILES string of the molecule is Cc1nc2nc(C(F)(F)F)nn2c(C)c1CCC(=O)N1CCCC(c2nc3ccccc3s2)C1. The number of aryl methyl sites for hydroxylation is 2. The van der Waals surface area contributed by atoms with Gasteiger partial charge in [0.15, 0.2) is 0 Å². The number of likely N-dealkylation sites (tertiary alicyclic amines) is 1. The quantitative estimate of drug-likeness (QED) is 0.416. The Hall–Kier alpha value is -3.08. The Morgan fingerprint density at radius 1 is 1.18 bits per heavy atom. The molecular weight excluding hydrogens is 465 g/mol. The van der Waals surface area contributed by atoms with E-state index in [9.17, 15) is 18.0 Å². The fourth-order valence-corrected chi connectivity index (χ4v) is 5.64. The lowest BCUT2D eigenvalue weighted by atomic mass is 9.98. The number of rotatable bonds is 4. The molecule has 5 rings (SSSR count). The Bertz CT molecular complexity index is 1350. The summed E-state index contributed by atoms with van der Waals surface area (Å²) in [6.07, 6.45) is -2.10. The van der Waals surface area contributed by atoms with Gasteiger partial charge in [0, 0.05) is 36.8 Å². The molecule has 1 aliphatic heterocycles. The van der Waals surface area contributed by atoms with Gasteiger partial charge in [0.05, 0.1) is 15.2 Å². The van der Waals surface area contributed by atoms with Crippen molar-refractivity contribution in [2.45, 2.75) is 51.6 Å². The van der Waals surface area contributed by atoms with Crippen molar-refractivity contribution < 1.29 is 18.0 Å². The minimum Gasteiger partial charge on any atom is -0.342 e. The molecule has 3 aromatic heterocycles. The molecule has 1 atom stereocenters. The number of nitrogens with zero attached hydrogens (tertiary/aromatic N) is 6. The third kappa shape index (κ3) is 4.24. The van der Waals surface area contributed by atoms with Crippen molar-refractivity contribution in [1.82, 2.24) is 29.5 Å². The molecule has 0 aliphatic carbocycles. The van der Waals surface area contributed by atoms with Crippen molar-refractivity contribution in [2.24, 2.45) is 0 Å². The number of amides is 1. The molecule has 0 radical (unpaired) electrons. The summed E-state index contributed by atoms with van der Waals surface area (Å²) >= 11 is 1.68. The first-order valence-corrected chi connectivity index (χ1v) is 12.0. The van der Waals surface area contributed by atoms with Gasteiger partial charge >= 0.3 is 6.18 Å². The first kappa shape index (κ1) is 22.7. The summed E-state index contributed by atoms with van der Waals surface area (Å²) in [6.45, 7) is 4.73. The maximum absolute atomic E-state index is 13.0. The Kier molecular flexibility index (Phi) is 5.75. The van der Waals surface area contributed by atoms with E-state index in [4.69, 9.17) is 4.98 Å². The summed E-state index contributed by atoms with van der Waals surface area (Å²) in [5.41, 5.74) is 2.79. The molecule has 34 heavy (non-hydrogen) atoms. The van der Waals surface area contributed by atoms with Crippen LogP contribution in [0.2, 0.25) is 0 Å². The highest BCUT2D eigenvalue weighted by Gasteiger charge is 2.37. The molecule has 1 fully saturated rings. The molecular formula is C23H23F3N6OS. The van der Waals surface area contributed by atoms with Crippen molar-refractivity contribution in [1.29, 1.82) is 0 Å². The van der Waals surface area contributed by atoms with Gasteiger partial charge in [-0.2, -0.15) is 18.2 Å². The first-order valence-electron chi connectivity index (χ1n) is 11.1. The molecule has 11 heteroatoms. The Labute approximate surface area is 197 Å². The molecule has 4 heterocycles. The van der Waals surface area contributed by atoms with Crippen LogP contribution in [0.3, 0.4) is 0 Å². The highest BCUT2D eigenvalue weighted by atomic mass is 32.1. The molecule has 1 unspecified atom stereocenters. The summed E-state index contributed by atoms with van der Waals surface area (Å²) in [4.78, 5) is 27.4. The van der Waals surface area contributed by atoms with E-state index in [0.29, 0.717) is 30.9 Å². The van der Waals surface area contributed by atoms with Gasteiger partial charge in [-0.05, 0) is 50.8 Å². The minimum atomic E-state index is -4.64. The minimum absolute atomic E-state index is 0.0271. The van der Waals surface area contributed by atoms with Crippen molar-refractivity contribution in [3.05, 3.63) is 52.0 Å². The topological polar surface area (TPSA) is 76.3 Å². The van der Waals surface area contributed by atoms with Crippen molar-refractivity contribution in [3.8, 4) is 0 Å². The van der Waals surface area contributed by atoms with Crippen LogP contribution in [0.5, 0.6) is 0 Å². The van der Waals surface area contributed by atoms with Crippen LogP contribution < -0.4 is 0 Å². The number of carbonyl (C=O) groups excluding carboxylic acids is 1. The van der Waals surface area contributed by atoms with Gasteiger partial charge in [-0.1, -0.05) is 12.1 Å². The standard InChI is InChI=1S/C23H23F3N6OS/c1-13-16(14(2)32-22(27-13)29-21(30-32)23(24,25)26)9-10-19(33)31-11-5-6-15(12-31)20-28-17-7-3-4-8-18(17)34-20/h3-4,7-8,15H,5-6,9-12H2,1-2H3. The molecule has 0 saturated carbocycles. The number of hydrogen-bond acceptors (Lipinski definition) is 6. The third-order valence-electron chi connectivity index (χ3n) is 6.33. The van der Waals surface area contributed by atoms with Crippen LogP contribution in [-0.2, 0) is 17.4 Å². The van der Waals surface area contributed by atoms with E-state index in [2.05, 4.69) is 21.1 Å². The largest absolute Gasteiger partial charge is 0.453 e. The van der Waals surface area contributed by atoms with E-state index in [-0.39, 0.29) is 24.0 Å². The third-order valence-corrected chi connectivity index (χ3v) is 7.52. The van der Waals surface area contributed by atoms with Crippen molar-refractivity contribution >= 4 is 33.2 Å². The fourth-order valence-electron chi connectivity index (χ4n) is 4.55. The number of piperidine rings is 1. The van der Waals surface area contributed by atoms with E-state index < -0.39 is 12.0 Å². The maximum atomic E-state index is 13.0. The van der Waals surface area contributed by atoms with Gasteiger partial charge in [-0.25, -0.2) is 14.5 Å². The Balaban J connectivity index is 1.29. The lowest BCUT2D eigenvalue weighted by molar-refractivity contribution is -0.144. The number of aromatic nitrogens is 5. The summed E-state index contributed by atoms with van der Waals surface area (Å²) in [5.74, 6) is -1.07. The van der Waals surface area contributed by atoms with Gasteiger partial charge < -0.3 is 4.90 Å². The lowest BCUT2D eigenvalue weighted by Crippen LogP contribution is -2.39. The molecule has 1 saturated heterocycles. The smallest absolute Gasteiger partial charge is 0.342 e. The summed E-state index contributed by atoms with van der Waals surface area (Å²) < 4.78 is 41.3. The summed E-state index contributed by atoms with van der Waals surface area (Å²) in [6, 6.07) is 8.04. The highest BCUT2D eigenvalue weighted by Crippen LogP contribution is 2.33. The summed E-state index contributed by atoms with van der Waals surface area (Å²) in [7, 11) is 0. The van der Waals surface area contributed by atoms with E-state index in [0.717, 1.165) is 38.1 Å². The van der Waals surface area contributed by atoms with Gasteiger partial charge in [-0.15, -0.1) is 16.4 Å². The van der Waals surface area contributed by atoms with Gasteiger partial charge in [0.1, 0.15) is 0 Å². The molecule has 7 nitrogen and oxygen atoms in total. The van der Waals surface area contributed by atoms with Crippen LogP contribution in [0.15, 0.2) is 24.3 Å². The number of thiazole rings is 1. The molecule has 0 spiro atoms. The second-order valence-corrected chi connectivity index (χ2v) is 9.67. The van der Waals surface area contributed by atoms with Crippen LogP contribution in [0.1, 0.15) is 53.0 Å².